The minimum Gasteiger partial charge on any atom is -0.381 e. The summed E-state index contributed by atoms with van der Waals surface area (Å²) in [5.74, 6) is 0.597. The first-order chi connectivity index (χ1) is 10.7. The number of halogens is 1. The van der Waals surface area contributed by atoms with Crippen molar-refractivity contribution in [3.63, 3.8) is 0 Å². The predicted octanol–water partition coefficient (Wildman–Crippen LogP) is 3.02. The largest absolute Gasteiger partial charge is 0.381 e. The summed E-state index contributed by atoms with van der Waals surface area (Å²) in [6.07, 6.45) is 4.67. The molecular weight excluding hydrogens is 320 g/mol. The number of hydrogen-bond acceptors (Lipinski definition) is 4. The van der Waals surface area contributed by atoms with Crippen molar-refractivity contribution in [2.75, 3.05) is 32.8 Å². The summed E-state index contributed by atoms with van der Waals surface area (Å²) in [6, 6.07) is 4.27. The summed E-state index contributed by atoms with van der Waals surface area (Å²) in [6.45, 7) is 4.89. The van der Waals surface area contributed by atoms with E-state index in [0.717, 1.165) is 32.8 Å². The Balaban J connectivity index is 1.39. The van der Waals surface area contributed by atoms with Gasteiger partial charge in [-0.05, 0) is 56.8 Å². The minimum absolute atomic E-state index is 0.00348. The highest BCUT2D eigenvalue weighted by Crippen LogP contribution is 2.24. The average molecular weight is 343 g/mol. The van der Waals surface area contributed by atoms with E-state index in [1.54, 1.807) is 12.1 Å². The first kappa shape index (κ1) is 16.2. The van der Waals surface area contributed by atoms with Gasteiger partial charge in [-0.25, -0.2) is 0 Å². The lowest BCUT2D eigenvalue weighted by atomic mass is 9.94. The predicted molar refractivity (Wildman–Crippen MR) is 89.8 cm³/mol. The number of carbonyl (C=O) groups is 1. The summed E-state index contributed by atoms with van der Waals surface area (Å²) in [7, 11) is 0. The van der Waals surface area contributed by atoms with Crippen molar-refractivity contribution in [2.45, 2.75) is 31.7 Å². The van der Waals surface area contributed by atoms with E-state index in [0.29, 0.717) is 21.2 Å². The van der Waals surface area contributed by atoms with Gasteiger partial charge in [0.1, 0.15) is 0 Å². The molecule has 1 N–H and O–H groups in total. The average Bonchev–Trinajstić information content (AvgIpc) is 3.00. The van der Waals surface area contributed by atoms with E-state index < -0.39 is 0 Å². The molecule has 1 aromatic rings. The summed E-state index contributed by atoms with van der Waals surface area (Å²) in [5, 5.41) is 3.05. The lowest BCUT2D eigenvalue weighted by Gasteiger charge is -2.39. The van der Waals surface area contributed by atoms with Gasteiger partial charge in [-0.15, -0.1) is 11.3 Å². The van der Waals surface area contributed by atoms with Crippen LogP contribution >= 0.6 is 22.9 Å². The van der Waals surface area contributed by atoms with E-state index >= 15 is 0 Å². The topological polar surface area (TPSA) is 41.6 Å². The Hall–Kier alpha value is -0.620. The van der Waals surface area contributed by atoms with Crippen molar-refractivity contribution in [2.24, 2.45) is 5.92 Å². The molecule has 2 fully saturated rings. The minimum atomic E-state index is 0.00348. The molecule has 2 saturated heterocycles. The number of amides is 1. The van der Waals surface area contributed by atoms with Gasteiger partial charge < -0.3 is 15.0 Å². The third kappa shape index (κ3) is 4.22. The summed E-state index contributed by atoms with van der Waals surface area (Å²) >= 11 is 7.20. The van der Waals surface area contributed by atoms with Crippen molar-refractivity contribution in [1.29, 1.82) is 0 Å². The SMILES string of the molecule is O=C(NCC1CCN(C2CCOCC2)CC1)c1ccc(Cl)s1. The molecule has 0 saturated carbocycles. The standard InChI is InChI=1S/C16H23ClN2O2S/c17-15-2-1-14(22-15)16(20)18-11-12-3-7-19(8-4-12)13-5-9-21-10-6-13/h1-2,12-13H,3-11H2,(H,18,20). The Morgan fingerprint density at radius 2 is 2.00 bits per heavy atom. The second-order valence-electron chi connectivity index (χ2n) is 6.14. The van der Waals surface area contributed by atoms with Gasteiger partial charge in [0.15, 0.2) is 0 Å². The Morgan fingerprint density at radius 3 is 2.64 bits per heavy atom. The third-order valence-electron chi connectivity index (χ3n) is 4.70. The fourth-order valence-electron chi connectivity index (χ4n) is 3.33. The number of likely N-dealkylation sites (tertiary alicyclic amines) is 1. The van der Waals surface area contributed by atoms with Gasteiger partial charge >= 0.3 is 0 Å². The van der Waals surface area contributed by atoms with E-state index in [-0.39, 0.29) is 5.91 Å². The van der Waals surface area contributed by atoms with Crippen LogP contribution in [0.2, 0.25) is 4.34 Å². The maximum absolute atomic E-state index is 12.0. The molecule has 3 heterocycles. The molecule has 6 heteroatoms. The Kier molecular flexibility index (Phi) is 5.74. The molecule has 22 heavy (non-hydrogen) atoms. The highest BCUT2D eigenvalue weighted by Gasteiger charge is 2.26. The molecule has 0 bridgehead atoms. The monoisotopic (exact) mass is 342 g/mol. The van der Waals surface area contributed by atoms with E-state index in [2.05, 4.69) is 10.2 Å². The number of ether oxygens (including phenoxy) is 1. The van der Waals surface area contributed by atoms with Crippen molar-refractivity contribution in [1.82, 2.24) is 10.2 Å². The van der Waals surface area contributed by atoms with Gasteiger partial charge in [0.2, 0.25) is 0 Å². The lowest BCUT2D eigenvalue weighted by molar-refractivity contribution is 0.0211. The van der Waals surface area contributed by atoms with Crippen LogP contribution < -0.4 is 5.32 Å². The molecule has 122 valence electrons. The molecule has 2 aliphatic heterocycles. The normalized spacial score (nSPS) is 21.9. The number of nitrogens with zero attached hydrogens (tertiary/aromatic N) is 1. The van der Waals surface area contributed by atoms with E-state index in [9.17, 15) is 4.79 Å². The molecule has 0 aliphatic carbocycles. The van der Waals surface area contributed by atoms with Gasteiger partial charge in [-0.3, -0.25) is 4.79 Å². The van der Waals surface area contributed by atoms with Crippen LogP contribution in [0.25, 0.3) is 0 Å². The van der Waals surface area contributed by atoms with Crippen LogP contribution in [-0.2, 0) is 4.74 Å². The molecule has 1 amide bonds. The fraction of sp³-hybridized carbons (Fsp3) is 0.688. The number of piperidine rings is 1. The number of carbonyl (C=O) groups excluding carboxylic acids is 1. The summed E-state index contributed by atoms with van der Waals surface area (Å²) < 4.78 is 6.10. The third-order valence-corrected chi connectivity index (χ3v) is 5.93. The Bertz CT molecular complexity index is 494. The van der Waals surface area contributed by atoms with E-state index in [4.69, 9.17) is 16.3 Å². The van der Waals surface area contributed by atoms with Crippen LogP contribution in [0.3, 0.4) is 0 Å². The Labute approximate surface area is 140 Å². The van der Waals surface area contributed by atoms with Crippen LogP contribution in [0.15, 0.2) is 12.1 Å². The van der Waals surface area contributed by atoms with Gasteiger partial charge in [0.25, 0.3) is 5.91 Å². The maximum Gasteiger partial charge on any atom is 0.261 e. The molecule has 0 unspecified atom stereocenters. The molecule has 4 nitrogen and oxygen atoms in total. The fourth-order valence-corrected chi connectivity index (χ4v) is 4.29. The summed E-state index contributed by atoms with van der Waals surface area (Å²) in [4.78, 5) is 15.3. The van der Waals surface area contributed by atoms with Crippen molar-refractivity contribution in [3.8, 4) is 0 Å². The number of nitrogens with one attached hydrogen (secondary N) is 1. The van der Waals surface area contributed by atoms with Crippen molar-refractivity contribution >= 4 is 28.8 Å². The first-order valence-electron chi connectivity index (χ1n) is 8.07. The van der Waals surface area contributed by atoms with Gasteiger partial charge in [0.05, 0.1) is 9.21 Å². The van der Waals surface area contributed by atoms with Crippen LogP contribution in [-0.4, -0.2) is 49.7 Å². The molecular formula is C16H23ClN2O2S. The molecule has 0 radical (unpaired) electrons. The highest BCUT2D eigenvalue weighted by atomic mass is 35.5. The number of thiophene rings is 1. The lowest BCUT2D eigenvalue weighted by Crippen LogP contribution is -2.45. The zero-order chi connectivity index (χ0) is 15.4. The zero-order valence-corrected chi connectivity index (χ0v) is 14.3. The van der Waals surface area contributed by atoms with Gasteiger partial charge in [-0.1, -0.05) is 11.6 Å². The van der Waals surface area contributed by atoms with Gasteiger partial charge in [-0.2, -0.15) is 0 Å². The molecule has 2 aliphatic rings. The number of rotatable bonds is 4. The first-order valence-corrected chi connectivity index (χ1v) is 9.27. The molecule has 1 aromatic heterocycles. The van der Waals surface area contributed by atoms with Crippen LogP contribution in [0, 0.1) is 5.92 Å². The molecule has 0 aromatic carbocycles. The van der Waals surface area contributed by atoms with E-state index in [1.165, 1.54) is 37.0 Å². The van der Waals surface area contributed by atoms with Crippen molar-refractivity contribution < 1.29 is 9.53 Å². The van der Waals surface area contributed by atoms with Crippen LogP contribution in [0.4, 0.5) is 0 Å². The van der Waals surface area contributed by atoms with Crippen molar-refractivity contribution in [3.05, 3.63) is 21.3 Å². The molecule has 0 spiro atoms. The number of hydrogen-bond donors (Lipinski definition) is 1. The molecule has 3 rings (SSSR count). The van der Waals surface area contributed by atoms with E-state index in [1.807, 2.05) is 0 Å². The van der Waals surface area contributed by atoms with Gasteiger partial charge in [0, 0.05) is 25.8 Å². The Morgan fingerprint density at radius 1 is 1.27 bits per heavy atom. The summed E-state index contributed by atoms with van der Waals surface area (Å²) in [5.41, 5.74) is 0. The highest BCUT2D eigenvalue weighted by molar-refractivity contribution is 7.17. The smallest absolute Gasteiger partial charge is 0.261 e. The maximum atomic E-state index is 12.0. The van der Waals surface area contributed by atoms with Crippen LogP contribution in [0.1, 0.15) is 35.4 Å². The second kappa shape index (κ2) is 7.77. The van der Waals surface area contributed by atoms with Crippen LogP contribution in [0.5, 0.6) is 0 Å². The quantitative estimate of drug-likeness (QED) is 0.914. The second-order valence-corrected chi connectivity index (χ2v) is 7.85. The molecule has 0 atom stereocenters. The zero-order valence-electron chi connectivity index (χ0n) is 12.7.